The first-order valence-corrected chi connectivity index (χ1v) is 11.0. The Bertz CT molecular complexity index is 486. The van der Waals surface area contributed by atoms with Crippen LogP contribution >= 0.6 is 23.5 Å². The highest BCUT2D eigenvalue weighted by Crippen LogP contribution is 2.33. The summed E-state index contributed by atoms with van der Waals surface area (Å²) in [4.78, 5) is 11.7. The summed E-state index contributed by atoms with van der Waals surface area (Å²) in [6.07, 6.45) is 9.58. The first-order chi connectivity index (χ1) is 11.3. The van der Waals surface area contributed by atoms with Crippen LogP contribution in [0.2, 0.25) is 0 Å². The Morgan fingerprint density at radius 3 is 2.83 bits per heavy atom. The minimum Gasteiger partial charge on any atom is -0.356 e. The molecule has 0 saturated heterocycles. The van der Waals surface area contributed by atoms with Crippen LogP contribution in [0.1, 0.15) is 57.3 Å². The van der Waals surface area contributed by atoms with Crippen LogP contribution in [0.5, 0.6) is 0 Å². The van der Waals surface area contributed by atoms with Crippen LogP contribution in [0.25, 0.3) is 0 Å². The van der Waals surface area contributed by atoms with Gasteiger partial charge in [-0.05, 0) is 31.3 Å². The summed E-state index contributed by atoms with van der Waals surface area (Å²) in [6, 6.07) is 0.572. The standard InChI is InChI=1S/C16H28N4OS2/c1-3-23-12-10-15(21)17-11-6-9-14-18-19-16(22-2)20(14)13-7-4-5-8-13/h13H,3-12H2,1-2H3,(H,17,21). The smallest absolute Gasteiger partial charge is 0.220 e. The lowest BCUT2D eigenvalue weighted by Gasteiger charge is -2.16. The van der Waals surface area contributed by atoms with Gasteiger partial charge in [-0.15, -0.1) is 10.2 Å². The van der Waals surface area contributed by atoms with Crippen molar-refractivity contribution in [1.29, 1.82) is 0 Å². The molecule has 0 radical (unpaired) electrons. The molecule has 1 N–H and O–H groups in total. The number of nitrogens with one attached hydrogen (secondary N) is 1. The van der Waals surface area contributed by atoms with Gasteiger partial charge in [-0.1, -0.05) is 31.5 Å². The number of carbonyl (C=O) groups is 1. The molecular weight excluding hydrogens is 328 g/mol. The van der Waals surface area contributed by atoms with Crippen LogP contribution < -0.4 is 5.32 Å². The third-order valence-corrected chi connectivity index (χ3v) is 5.73. The van der Waals surface area contributed by atoms with Crippen LogP contribution in [-0.4, -0.2) is 45.0 Å². The molecule has 0 bridgehead atoms. The number of thioether (sulfide) groups is 2. The van der Waals surface area contributed by atoms with E-state index in [0.717, 1.165) is 41.9 Å². The third kappa shape index (κ3) is 5.71. The molecule has 0 aliphatic heterocycles. The SMILES string of the molecule is CCSCCC(=O)NCCCc1nnc(SC)n1C1CCCC1. The van der Waals surface area contributed by atoms with E-state index in [-0.39, 0.29) is 5.91 Å². The number of carbonyl (C=O) groups excluding carboxylic acids is 1. The van der Waals surface area contributed by atoms with E-state index in [1.807, 2.05) is 11.8 Å². The molecule has 23 heavy (non-hydrogen) atoms. The lowest BCUT2D eigenvalue weighted by molar-refractivity contribution is -0.120. The summed E-state index contributed by atoms with van der Waals surface area (Å²) >= 11 is 3.48. The third-order valence-electron chi connectivity index (χ3n) is 4.18. The average molecular weight is 357 g/mol. The van der Waals surface area contributed by atoms with E-state index in [1.165, 1.54) is 25.7 Å². The summed E-state index contributed by atoms with van der Waals surface area (Å²) < 4.78 is 2.34. The van der Waals surface area contributed by atoms with Crippen LogP contribution in [0.3, 0.4) is 0 Å². The molecule has 1 heterocycles. The van der Waals surface area contributed by atoms with E-state index in [4.69, 9.17) is 0 Å². The van der Waals surface area contributed by atoms with Crippen molar-refractivity contribution in [2.45, 2.75) is 63.1 Å². The summed E-state index contributed by atoms with van der Waals surface area (Å²) in [6.45, 7) is 2.84. The van der Waals surface area contributed by atoms with Gasteiger partial charge in [0.1, 0.15) is 5.82 Å². The Morgan fingerprint density at radius 2 is 2.13 bits per heavy atom. The predicted molar refractivity (Wildman–Crippen MR) is 98.3 cm³/mol. The van der Waals surface area contributed by atoms with Crippen molar-refractivity contribution < 1.29 is 4.79 Å². The molecule has 1 amide bonds. The molecule has 1 saturated carbocycles. The molecule has 0 atom stereocenters. The van der Waals surface area contributed by atoms with Gasteiger partial charge < -0.3 is 9.88 Å². The van der Waals surface area contributed by atoms with Crippen molar-refractivity contribution in [3.05, 3.63) is 5.82 Å². The molecular formula is C16H28N4OS2. The van der Waals surface area contributed by atoms with Gasteiger partial charge in [0.05, 0.1) is 0 Å². The number of aryl methyl sites for hydroxylation is 1. The number of nitrogens with zero attached hydrogens (tertiary/aromatic N) is 3. The summed E-state index contributed by atoms with van der Waals surface area (Å²) in [5.74, 6) is 3.22. The molecule has 1 aromatic rings. The van der Waals surface area contributed by atoms with Crippen LogP contribution in [0, 0.1) is 0 Å². The highest BCUT2D eigenvalue weighted by molar-refractivity contribution is 7.99. The van der Waals surface area contributed by atoms with Gasteiger partial charge in [0.25, 0.3) is 0 Å². The molecule has 1 aliphatic rings. The molecule has 1 aliphatic carbocycles. The van der Waals surface area contributed by atoms with Crippen molar-refractivity contribution in [1.82, 2.24) is 20.1 Å². The molecule has 1 fully saturated rings. The lowest BCUT2D eigenvalue weighted by atomic mass is 10.2. The van der Waals surface area contributed by atoms with Crippen LogP contribution in [0.15, 0.2) is 5.16 Å². The summed E-state index contributed by atoms with van der Waals surface area (Å²) in [5.41, 5.74) is 0. The second kappa shape index (κ2) is 10.2. The maximum absolute atomic E-state index is 11.7. The first kappa shape index (κ1) is 18.6. The maximum atomic E-state index is 11.7. The Balaban J connectivity index is 1.77. The molecule has 0 spiro atoms. The van der Waals surface area contributed by atoms with Gasteiger partial charge in [0.15, 0.2) is 5.16 Å². The van der Waals surface area contributed by atoms with Crippen molar-refractivity contribution in [2.75, 3.05) is 24.3 Å². The number of rotatable bonds is 10. The normalized spacial score (nSPS) is 15.2. The second-order valence-corrected chi connectivity index (χ2v) is 7.98. The molecule has 7 heteroatoms. The fraction of sp³-hybridized carbons (Fsp3) is 0.812. The zero-order valence-corrected chi connectivity index (χ0v) is 15.8. The minimum absolute atomic E-state index is 0.160. The summed E-state index contributed by atoms with van der Waals surface area (Å²) in [5, 5.41) is 12.8. The monoisotopic (exact) mass is 356 g/mol. The van der Waals surface area contributed by atoms with Gasteiger partial charge in [-0.25, -0.2) is 0 Å². The van der Waals surface area contributed by atoms with Gasteiger partial charge >= 0.3 is 0 Å². The van der Waals surface area contributed by atoms with Crippen molar-refractivity contribution in [2.24, 2.45) is 0 Å². The van der Waals surface area contributed by atoms with E-state index in [2.05, 4.69) is 33.3 Å². The van der Waals surface area contributed by atoms with E-state index in [1.54, 1.807) is 11.8 Å². The fourth-order valence-electron chi connectivity index (χ4n) is 3.02. The molecule has 5 nitrogen and oxygen atoms in total. The van der Waals surface area contributed by atoms with E-state index >= 15 is 0 Å². The Hall–Kier alpha value is -0.690. The van der Waals surface area contributed by atoms with E-state index in [0.29, 0.717) is 12.5 Å². The van der Waals surface area contributed by atoms with Gasteiger partial charge in [0.2, 0.25) is 5.91 Å². The van der Waals surface area contributed by atoms with Crippen molar-refractivity contribution in [3.8, 4) is 0 Å². The number of amides is 1. The first-order valence-electron chi connectivity index (χ1n) is 8.58. The van der Waals surface area contributed by atoms with Crippen molar-refractivity contribution >= 4 is 29.4 Å². The van der Waals surface area contributed by atoms with Crippen molar-refractivity contribution in [3.63, 3.8) is 0 Å². The lowest BCUT2D eigenvalue weighted by Crippen LogP contribution is -2.25. The minimum atomic E-state index is 0.160. The van der Waals surface area contributed by atoms with Crippen LogP contribution in [-0.2, 0) is 11.2 Å². The number of hydrogen-bond acceptors (Lipinski definition) is 5. The number of hydrogen-bond donors (Lipinski definition) is 1. The van der Waals surface area contributed by atoms with Gasteiger partial charge in [0, 0.05) is 31.2 Å². The van der Waals surface area contributed by atoms with E-state index < -0.39 is 0 Å². The number of aromatic nitrogens is 3. The van der Waals surface area contributed by atoms with Gasteiger partial charge in [-0.3, -0.25) is 4.79 Å². The maximum Gasteiger partial charge on any atom is 0.220 e. The van der Waals surface area contributed by atoms with Crippen LogP contribution in [0.4, 0.5) is 0 Å². The van der Waals surface area contributed by atoms with E-state index in [9.17, 15) is 4.79 Å². The zero-order valence-electron chi connectivity index (χ0n) is 14.2. The highest BCUT2D eigenvalue weighted by atomic mass is 32.2. The summed E-state index contributed by atoms with van der Waals surface area (Å²) in [7, 11) is 0. The quantitative estimate of drug-likeness (QED) is 0.515. The molecule has 130 valence electrons. The Kier molecular flexibility index (Phi) is 8.30. The average Bonchev–Trinajstić information content (AvgIpc) is 3.20. The molecule has 2 rings (SSSR count). The molecule has 0 unspecified atom stereocenters. The highest BCUT2D eigenvalue weighted by Gasteiger charge is 2.23. The topological polar surface area (TPSA) is 59.8 Å². The second-order valence-electron chi connectivity index (χ2n) is 5.81. The molecule has 0 aromatic carbocycles. The molecule has 1 aromatic heterocycles. The largest absolute Gasteiger partial charge is 0.356 e. The zero-order chi connectivity index (χ0) is 16.5. The Morgan fingerprint density at radius 1 is 1.35 bits per heavy atom. The predicted octanol–water partition coefficient (Wildman–Crippen LogP) is 3.31. The Labute approximate surface area is 147 Å². The fourth-order valence-corrected chi connectivity index (χ4v) is 4.21. The van der Waals surface area contributed by atoms with Gasteiger partial charge in [-0.2, -0.15) is 11.8 Å².